The Labute approximate surface area is 189 Å². The second-order valence-electron chi connectivity index (χ2n) is 8.93. The molecule has 0 heterocycles. The quantitative estimate of drug-likeness (QED) is 0.152. The molecule has 0 aromatic rings. The summed E-state index contributed by atoms with van der Waals surface area (Å²) in [6, 6.07) is 0. The third-order valence-corrected chi connectivity index (χ3v) is 6.08. The number of hydrogen-bond donors (Lipinski definition) is 0. The molecule has 31 heavy (non-hydrogen) atoms. The van der Waals surface area contributed by atoms with E-state index >= 15 is 0 Å². The van der Waals surface area contributed by atoms with Crippen LogP contribution < -0.4 is 0 Å². The molecule has 0 amide bonds. The lowest BCUT2D eigenvalue weighted by molar-refractivity contribution is 0.0354. The molecule has 11 heteroatoms. The molecule has 0 fully saturated rings. The standard InChI is InChI=1S/C20H44O9P2/c1-17(2)13-26-30(21,27-14-18(3)4)24-11-9-23-10-12-25-31(22,28-15-19(5)6)29-16-20(7)8/h17-20H,9-16H2,1-8H3. The van der Waals surface area contributed by atoms with Crippen LogP contribution in [0.25, 0.3) is 0 Å². The summed E-state index contributed by atoms with van der Waals surface area (Å²) in [5.41, 5.74) is 0. The van der Waals surface area contributed by atoms with Gasteiger partial charge >= 0.3 is 15.6 Å². The third-order valence-electron chi connectivity index (χ3n) is 3.22. The van der Waals surface area contributed by atoms with Crippen molar-refractivity contribution in [3.8, 4) is 0 Å². The molecule has 0 aliphatic rings. The van der Waals surface area contributed by atoms with Crippen LogP contribution in [-0.4, -0.2) is 52.9 Å². The van der Waals surface area contributed by atoms with Crippen LogP contribution in [-0.2, 0) is 41.0 Å². The molecule has 0 rings (SSSR count). The predicted molar refractivity (Wildman–Crippen MR) is 121 cm³/mol. The lowest BCUT2D eigenvalue weighted by Crippen LogP contribution is -2.13. The Balaban J connectivity index is 4.33. The Kier molecular flexibility index (Phi) is 16.8. The Hall–Kier alpha value is 0.180. The minimum Gasteiger partial charge on any atom is -0.377 e. The maximum absolute atomic E-state index is 12.7. The Morgan fingerprint density at radius 1 is 0.452 bits per heavy atom. The summed E-state index contributed by atoms with van der Waals surface area (Å²) in [5, 5.41) is 0. The predicted octanol–water partition coefficient (Wildman–Crippen LogP) is 5.94. The highest BCUT2D eigenvalue weighted by atomic mass is 31.2. The first-order chi connectivity index (χ1) is 14.4. The van der Waals surface area contributed by atoms with E-state index < -0.39 is 15.6 Å². The number of phosphoric acid groups is 2. The molecule has 0 bridgehead atoms. The van der Waals surface area contributed by atoms with Crippen LogP contribution in [0.2, 0.25) is 0 Å². The second-order valence-corrected chi connectivity index (χ2v) is 12.3. The van der Waals surface area contributed by atoms with E-state index in [4.69, 9.17) is 31.9 Å². The van der Waals surface area contributed by atoms with Gasteiger partial charge in [-0.15, -0.1) is 0 Å². The summed E-state index contributed by atoms with van der Waals surface area (Å²) in [4.78, 5) is 0. The zero-order valence-electron chi connectivity index (χ0n) is 20.5. The van der Waals surface area contributed by atoms with Gasteiger partial charge in [-0.3, -0.25) is 27.1 Å². The molecule has 9 nitrogen and oxygen atoms in total. The molecule has 0 atom stereocenters. The first-order valence-electron chi connectivity index (χ1n) is 11.0. The highest BCUT2D eigenvalue weighted by molar-refractivity contribution is 7.48. The van der Waals surface area contributed by atoms with Gasteiger partial charge in [0.15, 0.2) is 0 Å². The number of phosphoric ester groups is 2. The van der Waals surface area contributed by atoms with Gasteiger partial charge in [0.25, 0.3) is 0 Å². The number of rotatable bonds is 20. The zero-order chi connectivity index (χ0) is 23.9. The SMILES string of the molecule is CC(C)COP(=O)(OCCOCCOP(=O)(OCC(C)C)OCC(C)C)OCC(C)C. The summed E-state index contributed by atoms with van der Waals surface area (Å²) in [6.45, 7) is 17.0. The summed E-state index contributed by atoms with van der Waals surface area (Å²) in [6.07, 6.45) is 0. The molecule has 0 saturated carbocycles. The third kappa shape index (κ3) is 18.3. The molecule has 0 spiro atoms. The first-order valence-corrected chi connectivity index (χ1v) is 13.9. The minimum absolute atomic E-state index is 0.0266. The van der Waals surface area contributed by atoms with Crippen molar-refractivity contribution in [3.05, 3.63) is 0 Å². The van der Waals surface area contributed by atoms with E-state index in [1.165, 1.54) is 0 Å². The van der Waals surface area contributed by atoms with Gasteiger partial charge in [0, 0.05) is 0 Å². The minimum atomic E-state index is -3.64. The second kappa shape index (κ2) is 16.7. The Morgan fingerprint density at radius 2 is 0.710 bits per heavy atom. The summed E-state index contributed by atoms with van der Waals surface area (Å²) < 4.78 is 62.9. The zero-order valence-corrected chi connectivity index (χ0v) is 22.3. The molecule has 0 aromatic carbocycles. The molecule has 0 aromatic heterocycles. The van der Waals surface area contributed by atoms with Crippen molar-refractivity contribution in [1.29, 1.82) is 0 Å². The van der Waals surface area contributed by atoms with Crippen LogP contribution in [0.3, 0.4) is 0 Å². The van der Waals surface area contributed by atoms with E-state index in [9.17, 15) is 9.13 Å². The average Bonchev–Trinajstić information content (AvgIpc) is 2.67. The lowest BCUT2D eigenvalue weighted by atomic mass is 10.2. The van der Waals surface area contributed by atoms with Gasteiger partial charge in [0.05, 0.1) is 52.9 Å². The van der Waals surface area contributed by atoms with Crippen LogP contribution in [0, 0.1) is 23.7 Å². The van der Waals surface area contributed by atoms with Gasteiger partial charge in [-0.05, 0) is 23.7 Å². The maximum Gasteiger partial charge on any atom is 0.474 e. The van der Waals surface area contributed by atoms with Crippen LogP contribution >= 0.6 is 15.6 Å². The molecular formula is C20H44O9P2. The van der Waals surface area contributed by atoms with E-state index in [0.717, 1.165) is 0 Å². The fourth-order valence-corrected chi connectivity index (χ4v) is 4.67. The summed E-state index contributed by atoms with van der Waals surface area (Å²) in [5.74, 6) is 0.776. The van der Waals surface area contributed by atoms with Crippen molar-refractivity contribution in [1.82, 2.24) is 0 Å². The number of ether oxygens (including phenoxy) is 1. The smallest absolute Gasteiger partial charge is 0.377 e. The van der Waals surface area contributed by atoms with Gasteiger partial charge in [-0.25, -0.2) is 9.13 Å². The number of hydrogen-bond acceptors (Lipinski definition) is 9. The van der Waals surface area contributed by atoms with Crippen molar-refractivity contribution in [2.24, 2.45) is 23.7 Å². The molecule has 0 unspecified atom stereocenters. The lowest BCUT2D eigenvalue weighted by Gasteiger charge is -2.21. The molecule has 188 valence electrons. The van der Waals surface area contributed by atoms with E-state index in [0.29, 0.717) is 0 Å². The van der Waals surface area contributed by atoms with Crippen LogP contribution in [0.1, 0.15) is 55.4 Å². The van der Waals surface area contributed by atoms with Crippen LogP contribution in [0.5, 0.6) is 0 Å². The highest BCUT2D eigenvalue weighted by Gasteiger charge is 2.28. The van der Waals surface area contributed by atoms with Gasteiger partial charge in [-0.1, -0.05) is 55.4 Å². The topological polar surface area (TPSA) is 98.8 Å². The average molecular weight is 491 g/mol. The van der Waals surface area contributed by atoms with Crippen molar-refractivity contribution in [2.75, 3.05) is 52.9 Å². The first kappa shape index (κ1) is 31.2. The molecule has 0 radical (unpaired) electrons. The van der Waals surface area contributed by atoms with E-state index in [2.05, 4.69) is 0 Å². The van der Waals surface area contributed by atoms with Crippen LogP contribution in [0.4, 0.5) is 0 Å². The van der Waals surface area contributed by atoms with Crippen molar-refractivity contribution in [3.63, 3.8) is 0 Å². The maximum atomic E-state index is 12.7. The van der Waals surface area contributed by atoms with Gasteiger partial charge in [0.2, 0.25) is 0 Å². The van der Waals surface area contributed by atoms with Gasteiger partial charge in [-0.2, -0.15) is 0 Å². The van der Waals surface area contributed by atoms with Crippen molar-refractivity contribution >= 4 is 15.6 Å². The molecule has 0 aliphatic heterocycles. The van der Waals surface area contributed by atoms with E-state index in [1.54, 1.807) is 0 Å². The summed E-state index contributed by atoms with van der Waals surface area (Å²) in [7, 11) is -7.28. The fourth-order valence-electron chi connectivity index (χ4n) is 1.70. The van der Waals surface area contributed by atoms with Gasteiger partial charge < -0.3 is 4.74 Å². The van der Waals surface area contributed by atoms with Crippen molar-refractivity contribution < 1.29 is 41.0 Å². The van der Waals surface area contributed by atoms with Crippen LogP contribution in [0.15, 0.2) is 0 Å². The van der Waals surface area contributed by atoms with Gasteiger partial charge in [0.1, 0.15) is 0 Å². The molecular weight excluding hydrogens is 446 g/mol. The molecule has 0 N–H and O–H groups in total. The van der Waals surface area contributed by atoms with E-state index in [-0.39, 0.29) is 76.5 Å². The normalized spacial score (nSPS) is 13.3. The highest BCUT2D eigenvalue weighted by Crippen LogP contribution is 2.50. The summed E-state index contributed by atoms with van der Waals surface area (Å²) >= 11 is 0. The fraction of sp³-hybridized carbons (Fsp3) is 1.00. The van der Waals surface area contributed by atoms with Crippen molar-refractivity contribution in [2.45, 2.75) is 55.4 Å². The Morgan fingerprint density at radius 3 is 0.935 bits per heavy atom. The largest absolute Gasteiger partial charge is 0.474 e. The van der Waals surface area contributed by atoms with E-state index in [1.807, 2.05) is 55.4 Å². The Bertz CT molecular complexity index is 461. The monoisotopic (exact) mass is 490 g/mol. The molecule has 0 saturated heterocycles. The molecule has 0 aliphatic carbocycles.